The molecule has 1 fully saturated rings. The molecule has 1 aliphatic heterocycles. The van der Waals surface area contributed by atoms with Crippen LogP contribution in [0.3, 0.4) is 0 Å². The Morgan fingerprint density at radius 3 is 2.52 bits per heavy atom. The fraction of sp³-hybridized carbons (Fsp3) is 0.278. The molecular formula is C18H17NO2. The van der Waals surface area contributed by atoms with Gasteiger partial charge in [0.25, 0.3) is 0 Å². The van der Waals surface area contributed by atoms with Gasteiger partial charge in [0.15, 0.2) is 5.78 Å². The number of fused-ring (bicyclic) bond motifs is 1. The molecule has 0 radical (unpaired) electrons. The van der Waals surface area contributed by atoms with E-state index in [9.17, 15) is 9.90 Å². The standard InChI is InChI=1S/C18H17NO2/c20-17-11-14(12-19-10-1-3-16(17)19)13-4-6-15(7-5-13)18(21)8-2-9-18/h1,3-7,10,12,21H,2,8-9,11H2. The predicted octanol–water partition coefficient (Wildman–Crippen LogP) is 3.44. The Labute approximate surface area is 123 Å². The van der Waals surface area contributed by atoms with Crippen molar-refractivity contribution in [2.75, 3.05) is 0 Å². The third-order valence-electron chi connectivity index (χ3n) is 4.68. The maximum Gasteiger partial charge on any atom is 0.183 e. The number of Topliss-reactive ketones (excluding diaryl/α,β-unsaturated/α-hetero) is 1. The van der Waals surface area contributed by atoms with E-state index >= 15 is 0 Å². The minimum Gasteiger partial charge on any atom is -0.385 e. The van der Waals surface area contributed by atoms with E-state index in [0.29, 0.717) is 6.42 Å². The van der Waals surface area contributed by atoms with Gasteiger partial charge in [-0.2, -0.15) is 0 Å². The van der Waals surface area contributed by atoms with Gasteiger partial charge in [-0.3, -0.25) is 4.79 Å². The monoisotopic (exact) mass is 279 g/mol. The van der Waals surface area contributed by atoms with E-state index in [-0.39, 0.29) is 5.78 Å². The zero-order valence-electron chi connectivity index (χ0n) is 11.7. The summed E-state index contributed by atoms with van der Waals surface area (Å²) in [6.07, 6.45) is 7.14. The van der Waals surface area contributed by atoms with Crippen molar-refractivity contribution in [2.24, 2.45) is 0 Å². The molecule has 2 heterocycles. The molecule has 0 spiro atoms. The first-order chi connectivity index (χ1) is 10.2. The number of aromatic nitrogens is 1. The lowest BCUT2D eigenvalue weighted by molar-refractivity contribution is -0.0387. The topological polar surface area (TPSA) is 42.2 Å². The molecule has 4 rings (SSSR count). The van der Waals surface area contributed by atoms with Crippen molar-refractivity contribution >= 4 is 17.6 Å². The molecule has 0 bridgehead atoms. The summed E-state index contributed by atoms with van der Waals surface area (Å²) >= 11 is 0. The van der Waals surface area contributed by atoms with E-state index < -0.39 is 5.60 Å². The van der Waals surface area contributed by atoms with E-state index in [1.165, 1.54) is 0 Å². The number of benzene rings is 1. The maximum absolute atomic E-state index is 12.1. The quantitative estimate of drug-likeness (QED) is 0.915. The molecule has 106 valence electrons. The highest BCUT2D eigenvalue weighted by Crippen LogP contribution is 2.41. The van der Waals surface area contributed by atoms with E-state index in [1.807, 2.05) is 53.4 Å². The first kappa shape index (κ1) is 12.6. The Morgan fingerprint density at radius 1 is 1.10 bits per heavy atom. The van der Waals surface area contributed by atoms with Crippen molar-refractivity contribution in [1.82, 2.24) is 4.57 Å². The summed E-state index contributed by atoms with van der Waals surface area (Å²) in [5.74, 6) is 0.152. The highest BCUT2D eigenvalue weighted by molar-refractivity contribution is 6.06. The Hall–Kier alpha value is -2.13. The lowest BCUT2D eigenvalue weighted by Crippen LogP contribution is -2.33. The minimum absolute atomic E-state index is 0.152. The van der Waals surface area contributed by atoms with Crippen LogP contribution in [0.4, 0.5) is 0 Å². The maximum atomic E-state index is 12.1. The Kier molecular flexibility index (Phi) is 2.66. The third kappa shape index (κ3) is 1.96. The van der Waals surface area contributed by atoms with Crippen LogP contribution in [-0.2, 0) is 5.60 Å². The van der Waals surface area contributed by atoms with Crippen LogP contribution in [0.1, 0.15) is 47.3 Å². The highest BCUT2D eigenvalue weighted by Gasteiger charge is 2.36. The van der Waals surface area contributed by atoms with Crippen LogP contribution in [0.5, 0.6) is 0 Å². The van der Waals surface area contributed by atoms with Crippen molar-refractivity contribution in [1.29, 1.82) is 0 Å². The molecule has 3 nitrogen and oxygen atoms in total. The minimum atomic E-state index is -0.622. The van der Waals surface area contributed by atoms with E-state index in [0.717, 1.165) is 41.7 Å². The highest BCUT2D eigenvalue weighted by atomic mass is 16.3. The summed E-state index contributed by atoms with van der Waals surface area (Å²) in [5, 5.41) is 10.4. The van der Waals surface area contributed by atoms with Crippen LogP contribution in [0.15, 0.2) is 42.6 Å². The van der Waals surface area contributed by atoms with Gasteiger partial charge >= 0.3 is 0 Å². The largest absolute Gasteiger partial charge is 0.385 e. The summed E-state index contributed by atoms with van der Waals surface area (Å²) in [4.78, 5) is 12.1. The third-order valence-corrected chi connectivity index (χ3v) is 4.68. The lowest BCUT2D eigenvalue weighted by Gasteiger charge is -2.37. The van der Waals surface area contributed by atoms with Gasteiger partial charge in [0.1, 0.15) is 0 Å². The molecule has 0 unspecified atom stereocenters. The lowest BCUT2D eigenvalue weighted by atomic mass is 9.75. The normalized spacial score (nSPS) is 19.7. The summed E-state index contributed by atoms with van der Waals surface area (Å²) in [6.45, 7) is 0. The molecule has 1 aliphatic carbocycles. The van der Waals surface area contributed by atoms with Gasteiger partial charge in [0.2, 0.25) is 0 Å². The van der Waals surface area contributed by atoms with Crippen molar-refractivity contribution in [3.63, 3.8) is 0 Å². The number of aliphatic hydroxyl groups is 1. The SMILES string of the molecule is O=C1CC(c2ccc(C3(O)CCC3)cc2)=Cn2cccc21. The number of carbonyl (C=O) groups excluding carboxylic acids is 1. The number of hydrogen-bond donors (Lipinski definition) is 1. The second kappa shape index (κ2) is 4.43. The molecule has 1 aromatic heterocycles. The van der Waals surface area contributed by atoms with Crippen molar-refractivity contribution in [3.05, 3.63) is 59.4 Å². The van der Waals surface area contributed by atoms with Crippen molar-refractivity contribution in [3.8, 4) is 0 Å². The van der Waals surface area contributed by atoms with Gasteiger partial charge in [-0.15, -0.1) is 0 Å². The van der Waals surface area contributed by atoms with Crippen LogP contribution in [0.2, 0.25) is 0 Å². The molecule has 1 N–H and O–H groups in total. The number of nitrogens with zero attached hydrogens (tertiary/aromatic N) is 1. The second-order valence-corrected chi connectivity index (χ2v) is 6.02. The van der Waals surface area contributed by atoms with Crippen LogP contribution in [0, 0.1) is 0 Å². The van der Waals surface area contributed by atoms with E-state index in [4.69, 9.17) is 0 Å². The first-order valence-corrected chi connectivity index (χ1v) is 7.40. The Bertz CT molecular complexity index is 733. The smallest absolute Gasteiger partial charge is 0.183 e. The van der Waals surface area contributed by atoms with Gasteiger partial charge in [-0.05, 0) is 48.1 Å². The van der Waals surface area contributed by atoms with Crippen molar-refractivity contribution in [2.45, 2.75) is 31.3 Å². The fourth-order valence-corrected chi connectivity index (χ4v) is 3.19. The van der Waals surface area contributed by atoms with Crippen LogP contribution in [0.25, 0.3) is 11.8 Å². The first-order valence-electron chi connectivity index (χ1n) is 7.40. The molecule has 2 aliphatic rings. The molecule has 1 aromatic carbocycles. The van der Waals surface area contributed by atoms with Crippen LogP contribution < -0.4 is 0 Å². The zero-order valence-corrected chi connectivity index (χ0v) is 11.7. The number of carbonyl (C=O) groups is 1. The number of ketones is 1. The summed E-state index contributed by atoms with van der Waals surface area (Å²) in [7, 11) is 0. The molecule has 1 saturated carbocycles. The average Bonchev–Trinajstić information content (AvgIpc) is 2.94. The van der Waals surface area contributed by atoms with Crippen molar-refractivity contribution < 1.29 is 9.90 Å². The van der Waals surface area contributed by atoms with Gasteiger partial charge in [0.05, 0.1) is 11.3 Å². The summed E-state index contributed by atoms with van der Waals surface area (Å²) < 4.78 is 1.88. The zero-order chi connectivity index (χ0) is 14.4. The van der Waals surface area contributed by atoms with Gasteiger partial charge in [-0.25, -0.2) is 0 Å². The molecule has 0 saturated heterocycles. The Balaban J connectivity index is 1.67. The number of rotatable bonds is 2. The molecule has 2 aromatic rings. The molecule has 21 heavy (non-hydrogen) atoms. The van der Waals surface area contributed by atoms with E-state index in [1.54, 1.807) is 0 Å². The molecule has 3 heteroatoms. The average molecular weight is 279 g/mol. The molecule has 0 atom stereocenters. The van der Waals surface area contributed by atoms with Gasteiger partial charge in [0, 0.05) is 18.8 Å². The van der Waals surface area contributed by atoms with Crippen LogP contribution >= 0.6 is 0 Å². The molecule has 0 amide bonds. The fourth-order valence-electron chi connectivity index (χ4n) is 3.19. The van der Waals surface area contributed by atoms with Gasteiger partial charge < -0.3 is 9.67 Å². The Morgan fingerprint density at radius 2 is 1.86 bits per heavy atom. The van der Waals surface area contributed by atoms with E-state index in [2.05, 4.69) is 0 Å². The second-order valence-electron chi connectivity index (χ2n) is 6.02. The predicted molar refractivity (Wildman–Crippen MR) is 81.7 cm³/mol. The summed E-state index contributed by atoms with van der Waals surface area (Å²) in [5.41, 5.74) is 3.19. The number of hydrogen-bond acceptors (Lipinski definition) is 2. The van der Waals surface area contributed by atoms with Gasteiger partial charge in [-0.1, -0.05) is 24.3 Å². The van der Waals surface area contributed by atoms with Crippen LogP contribution in [-0.4, -0.2) is 15.5 Å². The molecular weight excluding hydrogens is 262 g/mol. The number of allylic oxidation sites excluding steroid dienone is 1. The summed E-state index contributed by atoms with van der Waals surface area (Å²) in [6, 6.07) is 11.8.